The van der Waals surface area contributed by atoms with Crippen LogP contribution in [0.5, 0.6) is 0 Å². The predicted octanol–water partition coefficient (Wildman–Crippen LogP) is 4.31. The molecule has 1 aromatic carbocycles. The van der Waals surface area contributed by atoms with Crippen molar-refractivity contribution in [3.05, 3.63) is 52.8 Å². The Bertz CT molecular complexity index is 576. The lowest BCUT2D eigenvalue weighted by Crippen LogP contribution is -2.07. The Morgan fingerprint density at radius 2 is 2.00 bits per heavy atom. The number of alkyl halides is 3. The molecule has 0 unspecified atom stereocenters. The third kappa shape index (κ3) is 3.23. The molecule has 19 heavy (non-hydrogen) atoms. The van der Waals surface area contributed by atoms with Crippen LogP contribution >= 0.6 is 11.6 Å². The number of nitrogens with one attached hydrogen (secondary N) is 1. The van der Waals surface area contributed by atoms with Crippen LogP contribution in [0.15, 0.2) is 36.5 Å². The van der Waals surface area contributed by atoms with Gasteiger partial charge in [-0.3, -0.25) is 0 Å². The fourth-order valence-corrected chi connectivity index (χ4v) is 1.95. The van der Waals surface area contributed by atoms with Crippen molar-refractivity contribution in [3.8, 4) is 0 Å². The van der Waals surface area contributed by atoms with Crippen LogP contribution in [-0.2, 0) is 19.8 Å². The van der Waals surface area contributed by atoms with Crippen LogP contribution in [0, 0.1) is 0 Å². The second kappa shape index (κ2) is 5.17. The van der Waals surface area contributed by atoms with Gasteiger partial charge in [0, 0.05) is 18.9 Å². The number of rotatable bonds is 3. The number of benzene rings is 1. The Morgan fingerprint density at radius 3 is 2.53 bits per heavy atom. The maximum Gasteiger partial charge on any atom is 0.416 e. The molecule has 0 saturated heterocycles. The van der Waals surface area contributed by atoms with Crippen LogP contribution in [0.4, 0.5) is 18.9 Å². The summed E-state index contributed by atoms with van der Waals surface area (Å²) in [7, 11) is 1.89. The zero-order valence-corrected chi connectivity index (χ0v) is 10.9. The standard InChI is InChI=1S/C13H12ClF3N2/c1-19-6-2-3-10(19)8-18-12-5-4-9(7-11(12)14)13(15,16)17/h2-7,18H,8H2,1H3. The molecule has 0 spiro atoms. The summed E-state index contributed by atoms with van der Waals surface area (Å²) in [6, 6.07) is 7.10. The first-order valence-corrected chi connectivity index (χ1v) is 5.96. The molecule has 2 aromatic rings. The quantitative estimate of drug-likeness (QED) is 0.890. The molecule has 0 amide bonds. The lowest BCUT2D eigenvalue weighted by atomic mass is 10.2. The summed E-state index contributed by atoms with van der Waals surface area (Å²) in [6.45, 7) is 0.495. The van der Waals surface area contributed by atoms with E-state index in [1.54, 1.807) is 0 Å². The van der Waals surface area contributed by atoms with E-state index in [0.717, 1.165) is 17.8 Å². The van der Waals surface area contributed by atoms with Crippen molar-refractivity contribution in [2.45, 2.75) is 12.7 Å². The molecule has 0 fully saturated rings. The summed E-state index contributed by atoms with van der Waals surface area (Å²) in [4.78, 5) is 0. The second-order valence-corrected chi connectivity index (χ2v) is 4.56. The minimum absolute atomic E-state index is 0.0593. The molecular formula is C13H12ClF3N2. The van der Waals surface area contributed by atoms with Crippen molar-refractivity contribution >= 4 is 17.3 Å². The SMILES string of the molecule is Cn1cccc1CNc1ccc(C(F)(F)F)cc1Cl. The molecule has 0 aliphatic rings. The average molecular weight is 289 g/mol. The summed E-state index contributed by atoms with van der Waals surface area (Å²) in [5.74, 6) is 0. The maximum absolute atomic E-state index is 12.5. The molecule has 1 N–H and O–H groups in total. The van der Waals surface area contributed by atoms with Crippen LogP contribution in [0.1, 0.15) is 11.3 Å². The first-order chi connectivity index (χ1) is 8.88. The minimum atomic E-state index is -4.37. The van der Waals surface area contributed by atoms with E-state index in [1.807, 2.05) is 29.9 Å². The van der Waals surface area contributed by atoms with Crippen LogP contribution in [0.25, 0.3) is 0 Å². The highest BCUT2D eigenvalue weighted by molar-refractivity contribution is 6.33. The first kappa shape index (κ1) is 13.8. The highest BCUT2D eigenvalue weighted by Gasteiger charge is 2.30. The van der Waals surface area contributed by atoms with E-state index in [2.05, 4.69) is 5.32 Å². The van der Waals surface area contributed by atoms with Crippen LogP contribution in [0.2, 0.25) is 5.02 Å². The van der Waals surface area contributed by atoms with Gasteiger partial charge in [0.05, 0.1) is 22.8 Å². The Labute approximate surface area is 113 Å². The van der Waals surface area contributed by atoms with Gasteiger partial charge < -0.3 is 9.88 Å². The number of hydrogen-bond donors (Lipinski definition) is 1. The zero-order valence-electron chi connectivity index (χ0n) is 10.1. The molecule has 0 bridgehead atoms. The van der Waals surface area contributed by atoms with E-state index in [-0.39, 0.29) is 5.02 Å². The molecule has 2 nitrogen and oxygen atoms in total. The molecule has 6 heteroatoms. The lowest BCUT2D eigenvalue weighted by molar-refractivity contribution is -0.137. The zero-order chi connectivity index (χ0) is 14.0. The van der Waals surface area contributed by atoms with Crippen LogP contribution < -0.4 is 5.32 Å². The van der Waals surface area contributed by atoms with Gasteiger partial charge in [-0.2, -0.15) is 13.2 Å². The summed E-state index contributed by atoms with van der Waals surface area (Å²) in [5, 5.41) is 3.07. The number of aryl methyl sites for hydroxylation is 1. The Balaban J connectivity index is 2.12. The van der Waals surface area contributed by atoms with Crippen molar-refractivity contribution in [1.29, 1.82) is 0 Å². The molecule has 0 aliphatic heterocycles. The summed E-state index contributed by atoms with van der Waals surface area (Å²) >= 11 is 5.85. The van der Waals surface area contributed by atoms with E-state index >= 15 is 0 Å². The molecule has 1 heterocycles. The summed E-state index contributed by atoms with van der Waals surface area (Å²) in [6.07, 6.45) is -2.48. The second-order valence-electron chi connectivity index (χ2n) is 4.16. The number of hydrogen-bond acceptors (Lipinski definition) is 1. The van der Waals surface area contributed by atoms with E-state index in [1.165, 1.54) is 6.07 Å². The highest BCUT2D eigenvalue weighted by atomic mass is 35.5. The van der Waals surface area contributed by atoms with Crippen LogP contribution in [0.3, 0.4) is 0 Å². The molecular weight excluding hydrogens is 277 g/mol. The lowest BCUT2D eigenvalue weighted by Gasteiger charge is -2.12. The smallest absolute Gasteiger partial charge is 0.378 e. The van der Waals surface area contributed by atoms with Gasteiger partial charge >= 0.3 is 6.18 Å². The Kier molecular flexibility index (Phi) is 3.75. The van der Waals surface area contributed by atoms with Crippen molar-refractivity contribution in [2.75, 3.05) is 5.32 Å². The van der Waals surface area contributed by atoms with Crippen LogP contribution in [-0.4, -0.2) is 4.57 Å². The van der Waals surface area contributed by atoms with E-state index in [9.17, 15) is 13.2 Å². The molecule has 0 saturated carbocycles. The number of anilines is 1. The van der Waals surface area contributed by atoms with Gasteiger partial charge in [0.25, 0.3) is 0 Å². The molecule has 1 aromatic heterocycles. The van der Waals surface area contributed by atoms with Gasteiger partial charge in [0.15, 0.2) is 0 Å². The van der Waals surface area contributed by atoms with Gasteiger partial charge in [0.1, 0.15) is 0 Å². The van der Waals surface area contributed by atoms with E-state index in [4.69, 9.17) is 11.6 Å². The fraction of sp³-hybridized carbons (Fsp3) is 0.231. The van der Waals surface area contributed by atoms with Gasteiger partial charge in [-0.1, -0.05) is 11.6 Å². The third-order valence-corrected chi connectivity index (χ3v) is 3.12. The predicted molar refractivity (Wildman–Crippen MR) is 69.2 cm³/mol. The Morgan fingerprint density at radius 1 is 1.26 bits per heavy atom. The molecule has 102 valence electrons. The molecule has 0 atom stereocenters. The van der Waals surface area contributed by atoms with Crippen molar-refractivity contribution in [3.63, 3.8) is 0 Å². The summed E-state index contributed by atoms with van der Waals surface area (Å²) < 4.78 is 39.4. The fourth-order valence-electron chi connectivity index (χ4n) is 1.70. The molecule has 0 aliphatic carbocycles. The van der Waals surface area contributed by atoms with Gasteiger partial charge in [-0.15, -0.1) is 0 Å². The van der Waals surface area contributed by atoms with Gasteiger partial charge in [-0.25, -0.2) is 0 Å². The normalized spacial score (nSPS) is 11.6. The van der Waals surface area contributed by atoms with Gasteiger partial charge in [0.2, 0.25) is 0 Å². The van der Waals surface area contributed by atoms with Crippen molar-refractivity contribution in [1.82, 2.24) is 4.57 Å². The third-order valence-electron chi connectivity index (χ3n) is 2.81. The number of aromatic nitrogens is 1. The maximum atomic E-state index is 12.5. The topological polar surface area (TPSA) is 17.0 Å². The van der Waals surface area contributed by atoms with Crippen molar-refractivity contribution < 1.29 is 13.2 Å². The summed E-state index contributed by atoms with van der Waals surface area (Å²) in [5.41, 5.74) is 0.744. The minimum Gasteiger partial charge on any atom is -0.378 e. The molecule has 2 rings (SSSR count). The molecule has 0 radical (unpaired) electrons. The average Bonchev–Trinajstić information content (AvgIpc) is 2.72. The van der Waals surface area contributed by atoms with E-state index < -0.39 is 11.7 Å². The highest BCUT2D eigenvalue weighted by Crippen LogP contribution is 2.33. The first-order valence-electron chi connectivity index (χ1n) is 5.59. The monoisotopic (exact) mass is 288 g/mol. The largest absolute Gasteiger partial charge is 0.416 e. The van der Waals surface area contributed by atoms with Crippen molar-refractivity contribution in [2.24, 2.45) is 7.05 Å². The Hall–Kier alpha value is -1.62. The van der Waals surface area contributed by atoms with E-state index in [0.29, 0.717) is 12.2 Å². The van der Waals surface area contributed by atoms with Gasteiger partial charge in [-0.05, 0) is 30.3 Å². The number of nitrogens with zero attached hydrogens (tertiary/aromatic N) is 1. The number of halogens is 4.